The van der Waals surface area contributed by atoms with Crippen LogP contribution in [-0.2, 0) is 0 Å². The van der Waals surface area contributed by atoms with Gasteiger partial charge in [0.25, 0.3) is 11.6 Å². The van der Waals surface area contributed by atoms with Crippen molar-refractivity contribution in [1.82, 2.24) is 5.43 Å². The maximum absolute atomic E-state index is 11.9. The van der Waals surface area contributed by atoms with Gasteiger partial charge in [-0.15, -0.1) is 0 Å². The third-order valence-electron chi connectivity index (χ3n) is 3.05. The minimum absolute atomic E-state index is 0.0460. The zero-order chi connectivity index (χ0) is 17.0. The number of carbonyl (C=O) groups excluding carboxylic acids is 1. The largest absolute Gasteiger partial charge is 0.508 e. The van der Waals surface area contributed by atoms with Gasteiger partial charge in [-0.2, -0.15) is 5.10 Å². The SMILES string of the molecule is CC(=NNC(=O)c1cc(O)ccc1O)c1ccc([N+](=O)[O-])cc1. The second kappa shape index (κ2) is 6.56. The van der Waals surface area contributed by atoms with Gasteiger partial charge >= 0.3 is 0 Å². The molecule has 1 amide bonds. The predicted octanol–water partition coefficient (Wildman–Crippen LogP) is 2.16. The number of non-ortho nitro benzene ring substituents is 1. The fraction of sp³-hybridized carbons (Fsp3) is 0.0667. The number of benzene rings is 2. The molecule has 0 fully saturated rings. The fourth-order valence-electron chi connectivity index (χ4n) is 1.79. The molecule has 118 valence electrons. The number of amides is 1. The molecule has 2 rings (SSSR count). The lowest BCUT2D eigenvalue weighted by Crippen LogP contribution is -2.19. The van der Waals surface area contributed by atoms with Crippen LogP contribution in [0.3, 0.4) is 0 Å². The van der Waals surface area contributed by atoms with E-state index in [4.69, 9.17) is 0 Å². The zero-order valence-electron chi connectivity index (χ0n) is 12.1. The number of nitro groups is 1. The van der Waals surface area contributed by atoms with Crippen molar-refractivity contribution in [3.8, 4) is 11.5 Å². The van der Waals surface area contributed by atoms with Crippen molar-refractivity contribution >= 4 is 17.3 Å². The molecule has 2 aromatic carbocycles. The molecule has 0 saturated heterocycles. The first-order valence-corrected chi connectivity index (χ1v) is 6.50. The number of nitrogens with zero attached hydrogens (tertiary/aromatic N) is 2. The minimum Gasteiger partial charge on any atom is -0.508 e. The van der Waals surface area contributed by atoms with Gasteiger partial charge in [-0.25, -0.2) is 5.43 Å². The Bertz CT molecular complexity index is 784. The lowest BCUT2D eigenvalue weighted by atomic mass is 10.1. The molecule has 0 atom stereocenters. The smallest absolute Gasteiger partial charge is 0.275 e. The quantitative estimate of drug-likeness (QED) is 0.345. The minimum atomic E-state index is -0.695. The van der Waals surface area contributed by atoms with Crippen molar-refractivity contribution in [1.29, 1.82) is 0 Å². The fourth-order valence-corrected chi connectivity index (χ4v) is 1.79. The molecular formula is C15H13N3O5. The lowest BCUT2D eigenvalue weighted by molar-refractivity contribution is -0.384. The Morgan fingerprint density at radius 2 is 1.83 bits per heavy atom. The monoisotopic (exact) mass is 315 g/mol. The van der Waals surface area contributed by atoms with Crippen LogP contribution in [0.1, 0.15) is 22.8 Å². The van der Waals surface area contributed by atoms with Crippen LogP contribution in [0.5, 0.6) is 11.5 Å². The lowest BCUT2D eigenvalue weighted by Gasteiger charge is -2.05. The first-order valence-electron chi connectivity index (χ1n) is 6.50. The number of nitrogens with one attached hydrogen (secondary N) is 1. The number of phenols is 2. The van der Waals surface area contributed by atoms with Crippen LogP contribution < -0.4 is 5.43 Å². The van der Waals surface area contributed by atoms with Crippen LogP contribution in [0.4, 0.5) is 5.69 Å². The number of carbonyl (C=O) groups is 1. The number of nitro benzene ring substituents is 1. The number of phenolic OH excluding ortho intramolecular Hbond substituents is 2. The molecule has 3 N–H and O–H groups in total. The molecule has 0 aliphatic carbocycles. The van der Waals surface area contributed by atoms with E-state index in [1.54, 1.807) is 6.92 Å². The van der Waals surface area contributed by atoms with Crippen molar-refractivity contribution < 1.29 is 19.9 Å². The third kappa shape index (κ3) is 3.82. The van der Waals surface area contributed by atoms with Gasteiger partial charge < -0.3 is 10.2 Å². The molecule has 0 radical (unpaired) electrons. The highest BCUT2D eigenvalue weighted by Gasteiger charge is 2.12. The van der Waals surface area contributed by atoms with Crippen molar-refractivity contribution in [2.75, 3.05) is 0 Å². The van der Waals surface area contributed by atoms with E-state index in [9.17, 15) is 25.1 Å². The van der Waals surface area contributed by atoms with E-state index < -0.39 is 10.8 Å². The molecule has 2 aromatic rings. The molecule has 0 aromatic heterocycles. The summed E-state index contributed by atoms with van der Waals surface area (Å²) in [6, 6.07) is 9.23. The third-order valence-corrected chi connectivity index (χ3v) is 3.05. The Kier molecular flexibility index (Phi) is 4.55. The van der Waals surface area contributed by atoms with Crippen LogP contribution >= 0.6 is 0 Å². The normalized spacial score (nSPS) is 11.1. The van der Waals surface area contributed by atoms with Crippen LogP contribution in [0.25, 0.3) is 0 Å². The number of hydrogen-bond acceptors (Lipinski definition) is 6. The van der Waals surface area contributed by atoms with Crippen LogP contribution in [0.2, 0.25) is 0 Å². The molecule has 0 bridgehead atoms. The Morgan fingerprint density at radius 3 is 2.43 bits per heavy atom. The van der Waals surface area contributed by atoms with Crippen LogP contribution in [0.15, 0.2) is 47.6 Å². The molecule has 0 heterocycles. The molecular weight excluding hydrogens is 302 g/mol. The summed E-state index contributed by atoms with van der Waals surface area (Å²) in [7, 11) is 0. The average Bonchev–Trinajstić information content (AvgIpc) is 2.54. The molecule has 0 unspecified atom stereocenters. The van der Waals surface area contributed by atoms with Gasteiger partial charge in [0.1, 0.15) is 11.5 Å². The average molecular weight is 315 g/mol. The van der Waals surface area contributed by atoms with E-state index in [1.165, 1.54) is 36.4 Å². The number of aromatic hydroxyl groups is 2. The zero-order valence-corrected chi connectivity index (χ0v) is 12.1. The summed E-state index contributed by atoms with van der Waals surface area (Å²) in [4.78, 5) is 22.0. The first-order chi connectivity index (χ1) is 10.9. The van der Waals surface area contributed by atoms with Gasteiger partial charge in [-0.05, 0) is 42.8 Å². The highest BCUT2D eigenvalue weighted by molar-refractivity contribution is 6.01. The Morgan fingerprint density at radius 1 is 1.17 bits per heavy atom. The molecule has 23 heavy (non-hydrogen) atoms. The maximum Gasteiger partial charge on any atom is 0.275 e. The number of hydrogen-bond donors (Lipinski definition) is 3. The standard InChI is InChI=1S/C15H13N3O5/c1-9(10-2-4-11(5-3-10)18(22)23)16-17-15(21)13-8-12(19)6-7-14(13)20/h2-8,19-20H,1H3,(H,17,21). The van der Waals surface area contributed by atoms with Crippen molar-refractivity contribution in [2.24, 2.45) is 5.10 Å². The van der Waals surface area contributed by atoms with E-state index in [1.807, 2.05) is 0 Å². The summed E-state index contributed by atoms with van der Waals surface area (Å²) in [5, 5.41) is 33.4. The van der Waals surface area contributed by atoms with Crippen molar-refractivity contribution in [2.45, 2.75) is 6.92 Å². The molecule has 0 aliphatic rings. The van der Waals surface area contributed by atoms with E-state index in [0.717, 1.165) is 6.07 Å². The van der Waals surface area contributed by atoms with Crippen molar-refractivity contribution in [3.05, 3.63) is 63.7 Å². The number of hydrazone groups is 1. The van der Waals surface area contributed by atoms with E-state index in [0.29, 0.717) is 11.3 Å². The van der Waals surface area contributed by atoms with Gasteiger partial charge in [0.15, 0.2) is 0 Å². The van der Waals surface area contributed by atoms with E-state index in [2.05, 4.69) is 10.5 Å². The van der Waals surface area contributed by atoms with E-state index in [-0.39, 0.29) is 22.7 Å². The summed E-state index contributed by atoms with van der Waals surface area (Å²) in [6.07, 6.45) is 0. The predicted molar refractivity (Wildman–Crippen MR) is 82.5 cm³/mol. The van der Waals surface area contributed by atoms with Gasteiger partial charge in [-0.1, -0.05) is 0 Å². The van der Waals surface area contributed by atoms with Gasteiger partial charge in [0, 0.05) is 12.1 Å². The van der Waals surface area contributed by atoms with Gasteiger partial charge in [0.05, 0.1) is 16.2 Å². The van der Waals surface area contributed by atoms with Crippen LogP contribution in [0, 0.1) is 10.1 Å². The van der Waals surface area contributed by atoms with Crippen LogP contribution in [-0.4, -0.2) is 26.8 Å². The topological polar surface area (TPSA) is 125 Å². The summed E-state index contributed by atoms with van der Waals surface area (Å²) < 4.78 is 0. The summed E-state index contributed by atoms with van der Waals surface area (Å²) >= 11 is 0. The first kappa shape index (κ1) is 16.0. The van der Waals surface area contributed by atoms with Gasteiger partial charge in [0.2, 0.25) is 0 Å². The Balaban J connectivity index is 2.13. The molecule has 8 heteroatoms. The maximum atomic E-state index is 11.9. The second-order valence-electron chi connectivity index (χ2n) is 4.64. The summed E-state index contributed by atoms with van der Waals surface area (Å²) in [6.45, 7) is 1.61. The molecule has 0 spiro atoms. The van der Waals surface area contributed by atoms with Crippen molar-refractivity contribution in [3.63, 3.8) is 0 Å². The van der Waals surface area contributed by atoms with Gasteiger partial charge in [-0.3, -0.25) is 14.9 Å². The Labute approximate surface area is 130 Å². The molecule has 0 saturated carbocycles. The highest BCUT2D eigenvalue weighted by atomic mass is 16.6. The summed E-state index contributed by atoms with van der Waals surface area (Å²) in [5.41, 5.74) is 3.10. The molecule has 8 nitrogen and oxygen atoms in total. The second-order valence-corrected chi connectivity index (χ2v) is 4.64. The number of rotatable bonds is 4. The van der Waals surface area contributed by atoms with E-state index >= 15 is 0 Å². The summed E-state index contributed by atoms with van der Waals surface area (Å²) in [5.74, 6) is -1.15. The highest BCUT2D eigenvalue weighted by Crippen LogP contribution is 2.21. The Hall–Kier alpha value is -3.42. The molecule has 0 aliphatic heterocycles.